The molecule has 1 aliphatic carbocycles. The Morgan fingerprint density at radius 2 is 1.92 bits per heavy atom. The van der Waals surface area contributed by atoms with Gasteiger partial charge >= 0.3 is 0 Å². The summed E-state index contributed by atoms with van der Waals surface area (Å²) < 4.78 is 0. The fourth-order valence-corrected chi connectivity index (χ4v) is 3.69. The van der Waals surface area contributed by atoms with Crippen LogP contribution < -0.4 is 10.6 Å². The van der Waals surface area contributed by atoms with Crippen LogP contribution >= 0.6 is 0 Å². The van der Waals surface area contributed by atoms with Crippen molar-refractivity contribution < 1.29 is 4.79 Å². The number of piperazine rings is 1. The molecule has 126 valence electrons. The topological polar surface area (TPSA) is 44.4 Å². The Kier molecular flexibility index (Phi) is 4.50. The van der Waals surface area contributed by atoms with E-state index in [2.05, 4.69) is 58.0 Å². The fraction of sp³-hybridized carbons (Fsp3) is 0.450. The summed E-state index contributed by atoms with van der Waals surface area (Å²) in [6.45, 7) is 6.00. The third kappa shape index (κ3) is 3.45. The van der Waals surface area contributed by atoms with Crippen molar-refractivity contribution in [1.82, 2.24) is 15.5 Å². The van der Waals surface area contributed by atoms with E-state index in [0.717, 1.165) is 45.7 Å². The van der Waals surface area contributed by atoms with Crippen LogP contribution in [0.4, 0.5) is 0 Å². The summed E-state index contributed by atoms with van der Waals surface area (Å²) in [5, 5.41) is 9.00. The minimum Gasteiger partial charge on any atom is -0.355 e. The van der Waals surface area contributed by atoms with E-state index in [4.69, 9.17) is 0 Å². The summed E-state index contributed by atoms with van der Waals surface area (Å²) in [4.78, 5) is 14.8. The third-order valence-electron chi connectivity index (χ3n) is 5.27. The Bertz CT molecular complexity index is 724. The molecule has 1 saturated carbocycles. The Hall–Kier alpha value is -1.91. The van der Waals surface area contributed by atoms with E-state index in [1.54, 1.807) is 0 Å². The van der Waals surface area contributed by atoms with E-state index in [0.29, 0.717) is 5.92 Å². The van der Waals surface area contributed by atoms with Crippen LogP contribution in [-0.2, 0) is 4.79 Å². The molecule has 2 aliphatic rings. The molecular formula is C20H25N3O. The van der Waals surface area contributed by atoms with Crippen LogP contribution in [0.1, 0.15) is 17.9 Å². The molecule has 2 atom stereocenters. The molecule has 0 aromatic heterocycles. The molecule has 24 heavy (non-hydrogen) atoms. The minimum absolute atomic E-state index is 0.161. The summed E-state index contributed by atoms with van der Waals surface area (Å²) in [7, 11) is 0. The molecule has 1 heterocycles. The van der Waals surface area contributed by atoms with Crippen molar-refractivity contribution in [1.29, 1.82) is 0 Å². The fourth-order valence-electron chi connectivity index (χ4n) is 3.69. The zero-order valence-electron chi connectivity index (χ0n) is 14.0. The molecule has 2 aromatic carbocycles. The Morgan fingerprint density at radius 3 is 2.75 bits per heavy atom. The Labute approximate surface area is 143 Å². The zero-order valence-corrected chi connectivity index (χ0v) is 14.0. The van der Waals surface area contributed by atoms with Gasteiger partial charge in [-0.05, 0) is 28.7 Å². The second-order valence-corrected chi connectivity index (χ2v) is 6.94. The van der Waals surface area contributed by atoms with Crippen LogP contribution in [0.3, 0.4) is 0 Å². The van der Waals surface area contributed by atoms with Gasteiger partial charge in [0.2, 0.25) is 5.91 Å². The van der Waals surface area contributed by atoms with Crippen LogP contribution in [0.25, 0.3) is 10.8 Å². The normalized spacial score (nSPS) is 24.0. The van der Waals surface area contributed by atoms with Gasteiger partial charge in [-0.25, -0.2) is 0 Å². The minimum atomic E-state index is 0.161. The van der Waals surface area contributed by atoms with E-state index < -0.39 is 0 Å². The van der Waals surface area contributed by atoms with E-state index in [9.17, 15) is 4.79 Å². The molecule has 2 aromatic rings. The number of nitrogens with zero attached hydrogens (tertiary/aromatic N) is 1. The maximum absolute atomic E-state index is 12.4. The molecule has 0 spiro atoms. The molecule has 2 unspecified atom stereocenters. The van der Waals surface area contributed by atoms with Crippen molar-refractivity contribution in [2.45, 2.75) is 12.3 Å². The number of benzene rings is 2. The molecule has 4 rings (SSSR count). The van der Waals surface area contributed by atoms with Crippen LogP contribution in [0.5, 0.6) is 0 Å². The highest BCUT2D eigenvalue weighted by Crippen LogP contribution is 2.48. The maximum Gasteiger partial charge on any atom is 0.223 e. The first-order valence-electron chi connectivity index (χ1n) is 9.01. The van der Waals surface area contributed by atoms with Gasteiger partial charge in [0.05, 0.1) is 0 Å². The molecule has 2 fully saturated rings. The highest BCUT2D eigenvalue weighted by atomic mass is 16.2. The molecule has 4 heteroatoms. The molecule has 0 radical (unpaired) electrons. The highest BCUT2D eigenvalue weighted by molar-refractivity contribution is 5.85. The van der Waals surface area contributed by atoms with Gasteiger partial charge in [0.15, 0.2) is 0 Å². The Morgan fingerprint density at radius 1 is 1.12 bits per heavy atom. The summed E-state index contributed by atoms with van der Waals surface area (Å²) in [5.41, 5.74) is 1.30. The van der Waals surface area contributed by atoms with Crippen LogP contribution in [0, 0.1) is 5.92 Å². The van der Waals surface area contributed by atoms with Crippen molar-refractivity contribution in [2.75, 3.05) is 39.3 Å². The lowest BCUT2D eigenvalue weighted by atomic mass is 10.0. The zero-order chi connectivity index (χ0) is 16.4. The largest absolute Gasteiger partial charge is 0.355 e. The number of carbonyl (C=O) groups is 1. The van der Waals surface area contributed by atoms with Gasteiger partial charge in [-0.2, -0.15) is 0 Å². The molecule has 2 N–H and O–H groups in total. The average Bonchev–Trinajstić information content (AvgIpc) is 3.43. The third-order valence-corrected chi connectivity index (χ3v) is 5.27. The molecule has 1 aliphatic heterocycles. The van der Waals surface area contributed by atoms with Crippen molar-refractivity contribution in [2.24, 2.45) is 5.92 Å². The van der Waals surface area contributed by atoms with Crippen LogP contribution in [0.2, 0.25) is 0 Å². The first kappa shape index (κ1) is 15.6. The van der Waals surface area contributed by atoms with Gasteiger partial charge in [-0.15, -0.1) is 0 Å². The number of hydrogen-bond acceptors (Lipinski definition) is 3. The predicted molar refractivity (Wildman–Crippen MR) is 97.1 cm³/mol. The summed E-state index contributed by atoms with van der Waals surface area (Å²) in [5.74, 6) is 0.784. The number of amides is 1. The van der Waals surface area contributed by atoms with E-state index in [1.807, 2.05) is 0 Å². The maximum atomic E-state index is 12.4. The average molecular weight is 323 g/mol. The number of nitrogens with one attached hydrogen (secondary N) is 2. The summed E-state index contributed by atoms with van der Waals surface area (Å²) >= 11 is 0. The second-order valence-electron chi connectivity index (χ2n) is 6.94. The van der Waals surface area contributed by atoms with Gasteiger partial charge in [-0.3, -0.25) is 9.69 Å². The van der Waals surface area contributed by atoms with Gasteiger partial charge in [0.25, 0.3) is 0 Å². The van der Waals surface area contributed by atoms with Crippen LogP contribution in [-0.4, -0.2) is 50.1 Å². The lowest BCUT2D eigenvalue weighted by molar-refractivity contribution is -0.122. The van der Waals surface area contributed by atoms with E-state index in [-0.39, 0.29) is 11.8 Å². The van der Waals surface area contributed by atoms with Gasteiger partial charge in [0, 0.05) is 45.2 Å². The second kappa shape index (κ2) is 6.91. The first-order chi connectivity index (χ1) is 11.8. The van der Waals surface area contributed by atoms with Crippen molar-refractivity contribution >= 4 is 16.7 Å². The molecule has 0 bridgehead atoms. The number of hydrogen-bond donors (Lipinski definition) is 2. The van der Waals surface area contributed by atoms with Crippen LogP contribution in [0.15, 0.2) is 42.5 Å². The first-order valence-corrected chi connectivity index (χ1v) is 9.01. The number of carbonyl (C=O) groups excluding carboxylic acids is 1. The number of rotatable bonds is 5. The van der Waals surface area contributed by atoms with Crippen molar-refractivity contribution in [3.05, 3.63) is 48.0 Å². The monoisotopic (exact) mass is 323 g/mol. The van der Waals surface area contributed by atoms with Gasteiger partial charge < -0.3 is 10.6 Å². The number of fused-ring (bicyclic) bond motifs is 1. The SMILES string of the molecule is O=C(NCCN1CCNCC1)C1CC1c1ccc2ccccc2c1. The van der Waals surface area contributed by atoms with Crippen molar-refractivity contribution in [3.63, 3.8) is 0 Å². The van der Waals surface area contributed by atoms with E-state index >= 15 is 0 Å². The van der Waals surface area contributed by atoms with Gasteiger partial charge in [0.1, 0.15) is 0 Å². The van der Waals surface area contributed by atoms with E-state index in [1.165, 1.54) is 16.3 Å². The van der Waals surface area contributed by atoms with Crippen molar-refractivity contribution in [3.8, 4) is 0 Å². The molecule has 4 nitrogen and oxygen atoms in total. The Balaban J connectivity index is 1.29. The highest BCUT2D eigenvalue weighted by Gasteiger charge is 2.43. The summed E-state index contributed by atoms with van der Waals surface area (Å²) in [6, 6.07) is 15.0. The lowest BCUT2D eigenvalue weighted by Gasteiger charge is -2.27. The predicted octanol–water partition coefficient (Wildman–Crippen LogP) is 1.96. The summed E-state index contributed by atoms with van der Waals surface area (Å²) in [6.07, 6.45) is 0.984. The molecular weight excluding hydrogens is 298 g/mol. The smallest absolute Gasteiger partial charge is 0.223 e. The standard InChI is InChI=1S/C20H25N3O/c24-20(22-9-12-23-10-7-21-8-11-23)19-14-18(19)17-6-5-15-3-1-2-4-16(15)13-17/h1-6,13,18-19,21H,7-12,14H2,(H,22,24). The molecule has 1 amide bonds. The lowest BCUT2D eigenvalue weighted by Crippen LogP contribution is -2.46. The van der Waals surface area contributed by atoms with Gasteiger partial charge in [-0.1, -0.05) is 42.5 Å². The quantitative estimate of drug-likeness (QED) is 0.884. The molecule has 1 saturated heterocycles.